The molecule has 0 bridgehead atoms. The molecular weight excluding hydrogens is 330 g/mol. The Morgan fingerprint density at radius 1 is 1.12 bits per heavy atom. The normalized spacial score (nSPS) is 11.2. The number of carbonyl (C=O) groups excluding carboxylic acids is 1. The molecule has 0 saturated carbocycles. The van der Waals surface area contributed by atoms with Crippen molar-refractivity contribution in [1.82, 2.24) is 0 Å². The summed E-state index contributed by atoms with van der Waals surface area (Å²) >= 11 is 0. The van der Waals surface area contributed by atoms with Gasteiger partial charge >= 0.3 is 0 Å². The molecule has 0 saturated heterocycles. The van der Waals surface area contributed by atoms with E-state index < -0.39 is 6.04 Å². The van der Waals surface area contributed by atoms with Crippen molar-refractivity contribution in [2.45, 2.75) is 26.8 Å². The molecule has 0 aliphatic rings. The molecule has 26 heavy (non-hydrogen) atoms. The molecule has 2 rings (SSSR count). The number of nitriles is 1. The molecule has 0 aliphatic carbocycles. The Bertz CT molecular complexity index is 799. The fraction of sp³-hybridized carbons (Fsp3) is 0.300. The van der Waals surface area contributed by atoms with E-state index in [-0.39, 0.29) is 5.91 Å². The summed E-state index contributed by atoms with van der Waals surface area (Å²) in [7, 11) is 0. The number of anilines is 2. The van der Waals surface area contributed by atoms with Crippen LogP contribution in [0.4, 0.5) is 11.4 Å². The summed E-state index contributed by atoms with van der Waals surface area (Å²) in [6.07, 6.45) is 0. The highest BCUT2D eigenvalue weighted by Gasteiger charge is 2.17. The Labute approximate surface area is 153 Å². The van der Waals surface area contributed by atoms with E-state index in [1.807, 2.05) is 32.0 Å². The maximum atomic E-state index is 12.5. The summed E-state index contributed by atoms with van der Waals surface area (Å²) in [4.78, 5) is 12.5. The van der Waals surface area contributed by atoms with E-state index in [0.717, 1.165) is 0 Å². The molecule has 2 aromatic rings. The highest BCUT2D eigenvalue weighted by atomic mass is 16.5. The molecule has 6 nitrogen and oxygen atoms in total. The standard InChI is InChI=1S/C20H23N3O3/c1-4-25-16-10-11-19(26-5-2)18(12-16)22-14(3)20(24)23-17-9-7-6-8-15(17)13-21/h6-12,14,22H,4-5H2,1-3H3,(H,23,24). The maximum Gasteiger partial charge on any atom is 0.246 e. The summed E-state index contributed by atoms with van der Waals surface area (Å²) in [5, 5.41) is 15.1. The van der Waals surface area contributed by atoms with Gasteiger partial charge in [0.05, 0.1) is 30.2 Å². The Morgan fingerprint density at radius 3 is 2.54 bits per heavy atom. The molecule has 0 aromatic heterocycles. The molecular formula is C20H23N3O3. The number of hydrogen-bond acceptors (Lipinski definition) is 5. The predicted octanol–water partition coefficient (Wildman–Crippen LogP) is 3.79. The quantitative estimate of drug-likeness (QED) is 0.754. The lowest BCUT2D eigenvalue weighted by atomic mass is 10.2. The topological polar surface area (TPSA) is 83.4 Å². The van der Waals surface area contributed by atoms with Gasteiger partial charge in [0.2, 0.25) is 5.91 Å². The third kappa shape index (κ3) is 4.90. The second kappa shape index (κ2) is 9.33. The van der Waals surface area contributed by atoms with Crippen molar-refractivity contribution >= 4 is 17.3 Å². The number of nitrogens with one attached hydrogen (secondary N) is 2. The number of carbonyl (C=O) groups is 1. The van der Waals surface area contributed by atoms with E-state index in [1.54, 1.807) is 31.2 Å². The zero-order valence-corrected chi connectivity index (χ0v) is 15.2. The van der Waals surface area contributed by atoms with Gasteiger partial charge in [-0.25, -0.2) is 0 Å². The molecule has 0 radical (unpaired) electrons. The predicted molar refractivity (Wildman–Crippen MR) is 102 cm³/mol. The van der Waals surface area contributed by atoms with Crippen molar-refractivity contribution in [2.75, 3.05) is 23.8 Å². The van der Waals surface area contributed by atoms with Crippen molar-refractivity contribution in [3.63, 3.8) is 0 Å². The van der Waals surface area contributed by atoms with Gasteiger partial charge in [-0.1, -0.05) is 12.1 Å². The number of nitrogens with zero attached hydrogens (tertiary/aromatic N) is 1. The fourth-order valence-electron chi connectivity index (χ4n) is 2.39. The SMILES string of the molecule is CCOc1ccc(OCC)c(NC(C)C(=O)Nc2ccccc2C#N)c1. The van der Waals surface area contributed by atoms with Gasteiger partial charge in [-0.3, -0.25) is 4.79 Å². The van der Waals surface area contributed by atoms with Crippen LogP contribution in [-0.4, -0.2) is 25.2 Å². The molecule has 136 valence electrons. The summed E-state index contributed by atoms with van der Waals surface area (Å²) in [6.45, 7) is 6.61. The summed E-state index contributed by atoms with van der Waals surface area (Å²) < 4.78 is 11.1. The van der Waals surface area contributed by atoms with E-state index >= 15 is 0 Å². The molecule has 1 unspecified atom stereocenters. The van der Waals surface area contributed by atoms with Gasteiger partial charge in [0.1, 0.15) is 23.6 Å². The lowest BCUT2D eigenvalue weighted by molar-refractivity contribution is -0.116. The van der Waals surface area contributed by atoms with Crippen LogP contribution in [0.2, 0.25) is 0 Å². The van der Waals surface area contributed by atoms with Crippen molar-refractivity contribution < 1.29 is 14.3 Å². The zero-order chi connectivity index (χ0) is 18.9. The van der Waals surface area contributed by atoms with Crippen LogP contribution in [0.25, 0.3) is 0 Å². The summed E-state index contributed by atoms with van der Waals surface area (Å²) in [5.74, 6) is 1.09. The van der Waals surface area contributed by atoms with Crippen molar-refractivity contribution in [1.29, 1.82) is 5.26 Å². The Balaban J connectivity index is 2.15. The monoisotopic (exact) mass is 353 g/mol. The number of rotatable bonds is 8. The first-order valence-electron chi connectivity index (χ1n) is 8.55. The van der Waals surface area contributed by atoms with Crippen molar-refractivity contribution in [2.24, 2.45) is 0 Å². The largest absolute Gasteiger partial charge is 0.494 e. The highest BCUT2D eigenvalue weighted by molar-refractivity contribution is 5.97. The van der Waals surface area contributed by atoms with Crippen LogP contribution < -0.4 is 20.1 Å². The molecule has 2 aromatic carbocycles. The van der Waals surface area contributed by atoms with Crippen LogP contribution in [-0.2, 0) is 4.79 Å². The third-order valence-corrected chi connectivity index (χ3v) is 3.63. The van der Waals surface area contributed by atoms with E-state index in [0.29, 0.717) is 41.7 Å². The number of para-hydroxylation sites is 1. The number of ether oxygens (including phenoxy) is 2. The van der Waals surface area contributed by atoms with Crippen LogP contribution in [0.1, 0.15) is 26.3 Å². The second-order valence-corrected chi connectivity index (χ2v) is 5.54. The maximum absolute atomic E-state index is 12.5. The summed E-state index contributed by atoms with van der Waals surface area (Å²) in [6, 6.07) is 13.9. The van der Waals surface area contributed by atoms with Crippen molar-refractivity contribution in [3.05, 3.63) is 48.0 Å². The smallest absolute Gasteiger partial charge is 0.246 e. The minimum Gasteiger partial charge on any atom is -0.494 e. The van der Waals surface area contributed by atoms with Gasteiger partial charge in [0.25, 0.3) is 0 Å². The first-order chi connectivity index (χ1) is 12.6. The minimum atomic E-state index is -0.544. The van der Waals surface area contributed by atoms with Gasteiger partial charge in [-0.15, -0.1) is 0 Å². The molecule has 1 atom stereocenters. The Morgan fingerprint density at radius 2 is 1.85 bits per heavy atom. The van der Waals surface area contributed by atoms with E-state index in [2.05, 4.69) is 16.7 Å². The molecule has 0 fully saturated rings. The average Bonchev–Trinajstić information content (AvgIpc) is 2.64. The van der Waals surface area contributed by atoms with Crippen LogP contribution in [0.5, 0.6) is 11.5 Å². The molecule has 2 N–H and O–H groups in total. The zero-order valence-electron chi connectivity index (χ0n) is 15.2. The second-order valence-electron chi connectivity index (χ2n) is 5.54. The van der Waals surface area contributed by atoms with E-state index in [1.165, 1.54) is 0 Å². The Kier molecular flexibility index (Phi) is 6.86. The van der Waals surface area contributed by atoms with Crippen LogP contribution in [0, 0.1) is 11.3 Å². The molecule has 6 heteroatoms. The Hall–Kier alpha value is -3.20. The van der Waals surface area contributed by atoms with Crippen LogP contribution in [0.15, 0.2) is 42.5 Å². The first kappa shape index (κ1) is 19.1. The molecule has 0 heterocycles. The number of hydrogen-bond donors (Lipinski definition) is 2. The van der Waals surface area contributed by atoms with Gasteiger partial charge in [-0.2, -0.15) is 5.26 Å². The lowest BCUT2D eigenvalue weighted by Crippen LogP contribution is -2.32. The minimum absolute atomic E-state index is 0.253. The number of benzene rings is 2. The van der Waals surface area contributed by atoms with Crippen LogP contribution >= 0.6 is 0 Å². The van der Waals surface area contributed by atoms with Gasteiger partial charge in [0, 0.05) is 6.07 Å². The van der Waals surface area contributed by atoms with Crippen molar-refractivity contribution in [3.8, 4) is 17.6 Å². The fourth-order valence-corrected chi connectivity index (χ4v) is 2.39. The van der Waals surface area contributed by atoms with E-state index in [4.69, 9.17) is 14.7 Å². The van der Waals surface area contributed by atoms with Gasteiger partial charge in [0.15, 0.2) is 0 Å². The van der Waals surface area contributed by atoms with E-state index in [9.17, 15) is 4.79 Å². The third-order valence-electron chi connectivity index (χ3n) is 3.63. The average molecular weight is 353 g/mol. The first-order valence-corrected chi connectivity index (χ1v) is 8.55. The molecule has 1 amide bonds. The highest BCUT2D eigenvalue weighted by Crippen LogP contribution is 2.30. The molecule has 0 spiro atoms. The van der Waals surface area contributed by atoms with Gasteiger partial charge < -0.3 is 20.1 Å². The molecule has 0 aliphatic heterocycles. The lowest BCUT2D eigenvalue weighted by Gasteiger charge is -2.19. The van der Waals surface area contributed by atoms with Crippen LogP contribution in [0.3, 0.4) is 0 Å². The number of amides is 1. The summed E-state index contributed by atoms with van der Waals surface area (Å²) in [5.41, 5.74) is 1.58. The van der Waals surface area contributed by atoms with Gasteiger partial charge in [-0.05, 0) is 45.0 Å².